The van der Waals surface area contributed by atoms with Crippen LogP contribution in [0.1, 0.15) is 17.4 Å². The van der Waals surface area contributed by atoms with Crippen molar-refractivity contribution < 1.29 is 5.11 Å². The zero-order valence-corrected chi connectivity index (χ0v) is 10.9. The summed E-state index contributed by atoms with van der Waals surface area (Å²) in [5, 5.41) is 14.8. The molecule has 5 heteroatoms. The highest BCUT2D eigenvalue weighted by Gasteiger charge is 2.14. The van der Waals surface area contributed by atoms with Crippen molar-refractivity contribution in [3.8, 4) is 0 Å². The molecule has 1 aromatic carbocycles. The van der Waals surface area contributed by atoms with E-state index < -0.39 is 6.10 Å². The summed E-state index contributed by atoms with van der Waals surface area (Å²) in [7, 11) is 1.80. The first-order valence-corrected chi connectivity index (χ1v) is 5.87. The zero-order chi connectivity index (χ0) is 11.7. The summed E-state index contributed by atoms with van der Waals surface area (Å²) in [6.07, 6.45) is 0.963. The molecule has 3 nitrogen and oxygen atoms in total. The van der Waals surface area contributed by atoms with E-state index in [2.05, 4.69) is 21.0 Å². The Kier molecular flexibility index (Phi) is 3.33. The number of benzene rings is 1. The lowest BCUT2D eigenvalue weighted by atomic mass is 10.1. The van der Waals surface area contributed by atoms with Crippen molar-refractivity contribution in [1.82, 2.24) is 9.78 Å². The van der Waals surface area contributed by atoms with Gasteiger partial charge in [0.25, 0.3) is 0 Å². The Bertz CT molecular complexity index is 512. The van der Waals surface area contributed by atoms with Crippen LogP contribution in [-0.2, 0) is 7.05 Å². The molecule has 0 fully saturated rings. The minimum absolute atomic E-state index is 0.626. The Morgan fingerprint density at radius 1 is 1.44 bits per heavy atom. The summed E-state index contributed by atoms with van der Waals surface area (Å²) in [6.45, 7) is 0. The van der Waals surface area contributed by atoms with Gasteiger partial charge in [0.05, 0.1) is 10.7 Å². The fraction of sp³-hybridized carbons (Fsp3) is 0.182. The standard InChI is InChI=1S/C11H10BrClN2O/c1-15-10(4-5-14-15)11(16)7-2-3-9(13)8(12)6-7/h2-6,11,16H,1H3. The summed E-state index contributed by atoms with van der Waals surface area (Å²) in [5.74, 6) is 0. The van der Waals surface area contributed by atoms with Gasteiger partial charge < -0.3 is 5.11 Å². The topological polar surface area (TPSA) is 38.0 Å². The number of aliphatic hydroxyl groups excluding tert-OH is 1. The van der Waals surface area contributed by atoms with Crippen LogP contribution < -0.4 is 0 Å². The SMILES string of the molecule is Cn1nccc1C(O)c1ccc(Cl)c(Br)c1. The lowest BCUT2D eigenvalue weighted by Crippen LogP contribution is -2.06. The van der Waals surface area contributed by atoms with Gasteiger partial charge in [0.1, 0.15) is 6.10 Å². The van der Waals surface area contributed by atoms with Crippen LogP contribution in [0.3, 0.4) is 0 Å². The largest absolute Gasteiger partial charge is 0.382 e. The van der Waals surface area contributed by atoms with Crippen LogP contribution in [0, 0.1) is 0 Å². The Labute approximate surface area is 107 Å². The molecule has 1 atom stereocenters. The summed E-state index contributed by atoms with van der Waals surface area (Å²) < 4.78 is 2.42. The highest BCUT2D eigenvalue weighted by Crippen LogP contribution is 2.28. The normalized spacial score (nSPS) is 12.8. The summed E-state index contributed by atoms with van der Waals surface area (Å²) in [4.78, 5) is 0. The fourth-order valence-corrected chi connectivity index (χ4v) is 2.02. The first-order valence-electron chi connectivity index (χ1n) is 4.70. The van der Waals surface area contributed by atoms with E-state index >= 15 is 0 Å². The van der Waals surface area contributed by atoms with E-state index in [-0.39, 0.29) is 0 Å². The van der Waals surface area contributed by atoms with Crippen LogP contribution in [0.4, 0.5) is 0 Å². The number of nitrogens with zero attached hydrogens (tertiary/aromatic N) is 2. The van der Waals surface area contributed by atoms with E-state index in [0.717, 1.165) is 15.7 Å². The molecule has 0 saturated heterocycles. The molecule has 0 saturated carbocycles. The number of aromatic nitrogens is 2. The molecule has 2 aromatic rings. The molecule has 16 heavy (non-hydrogen) atoms. The van der Waals surface area contributed by atoms with Crippen molar-refractivity contribution in [2.45, 2.75) is 6.10 Å². The van der Waals surface area contributed by atoms with Gasteiger partial charge in [-0.3, -0.25) is 4.68 Å². The van der Waals surface area contributed by atoms with Crippen molar-refractivity contribution in [1.29, 1.82) is 0 Å². The highest BCUT2D eigenvalue weighted by atomic mass is 79.9. The molecule has 84 valence electrons. The second-order valence-electron chi connectivity index (χ2n) is 3.46. The predicted molar refractivity (Wildman–Crippen MR) is 66.4 cm³/mol. The maximum atomic E-state index is 10.2. The molecule has 1 N–H and O–H groups in total. The number of halogens is 2. The number of aliphatic hydroxyl groups is 1. The maximum Gasteiger partial charge on any atom is 0.121 e. The molecular formula is C11H10BrClN2O. The number of aryl methyl sites for hydroxylation is 1. The molecule has 0 aliphatic carbocycles. The van der Waals surface area contributed by atoms with Crippen LogP contribution >= 0.6 is 27.5 Å². The van der Waals surface area contributed by atoms with E-state index in [1.807, 2.05) is 0 Å². The van der Waals surface area contributed by atoms with E-state index in [0.29, 0.717) is 5.02 Å². The predicted octanol–water partition coefficient (Wildman–Crippen LogP) is 2.92. The Morgan fingerprint density at radius 3 is 2.75 bits per heavy atom. The molecule has 0 aliphatic rings. The van der Waals surface area contributed by atoms with Crippen LogP contribution in [-0.4, -0.2) is 14.9 Å². The van der Waals surface area contributed by atoms with E-state index in [4.69, 9.17) is 11.6 Å². The van der Waals surface area contributed by atoms with Crippen molar-refractivity contribution in [2.24, 2.45) is 7.05 Å². The van der Waals surface area contributed by atoms with E-state index in [9.17, 15) is 5.11 Å². The molecule has 2 rings (SSSR count). The molecule has 0 aliphatic heterocycles. The molecule has 1 aromatic heterocycles. The smallest absolute Gasteiger partial charge is 0.121 e. The van der Waals surface area contributed by atoms with Gasteiger partial charge >= 0.3 is 0 Å². The lowest BCUT2D eigenvalue weighted by Gasteiger charge is -2.12. The van der Waals surface area contributed by atoms with Gasteiger partial charge in [-0.05, 0) is 39.7 Å². The van der Waals surface area contributed by atoms with Gasteiger partial charge in [-0.2, -0.15) is 5.10 Å². The van der Waals surface area contributed by atoms with Gasteiger partial charge in [-0.15, -0.1) is 0 Å². The third-order valence-corrected chi connectivity index (χ3v) is 3.61. The minimum Gasteiger partial charge on any atom is -0.382 e. The molecule has 0 bridgehead atoms. The number of hydrogen-bond acceptors (Lipinski definition) is 2. The summed E-state index contributed by atoms with van der Waals surface area (Å²) in [6, 6.07) is 7.14. The monoisotopic (exact) mass is 300 g/mol. The molecule has 0 spiro atoms. The number of rotatable bonds is 2. The van der Waals surface area contributed by atoms with E-state index in [1.165, 1.54) is 0 Å². The molecule has 1 heterocycles. The number of hydrogen-bond donors (Lipinski definition) is 1. The Hall–Kier alpha value is -0.840. The third-order valence-electron chi connectivity index (χ3n) is 2.40. The first-order chi connectivity index (χ1) is 7.59. The molecular weight excluding hydrogens is 291 g/mol. The first kappa shape index (κ1) is 11.6. The van der Waals surface area contributed by atoms with Crippen LogP contribution in [0.5, 0.6) is 0 Å². The maximum absolute atomic E-state index is 10.2. The zero-order valence-electron chi connectivity index (χ0n) is 8.56. The third kappa shape index (κ3) is 2.14. The van der Waals surface area contributed by atoms with Gasteiger partial charge in [-0.1, -0.05) is 17.7 Å². The fourth-order valence-electron chi connectivity index (χ4n) is 1.51. The Morgan fingerprint density at radius 2 is 2.19 bits per heavy atom. The molecule has 0 radical (unpaired) electrons. The summed E-state index contributed by atoms with van der Waals surface area (Å²) >= 11 is 9.23. The molecule has 0 amide bonds. The summed E-state index contributed by atoms with van der Waals surface area (Å²) in [5.41, 5.74) is 1.52. The van der Waals surface area contributed by atoms with Crippen molar-refractivity contribution >= 4 is 27.5 Å². The van der Waals surface area contributed by atoms with Gasteiger partial charge in [0, 0.05) is 17.7 Å². The average Bonchev–Trinajstić information content (AvgIpc) is 2.67. The second-order valence-corrected chi connectivity index (χ2v) is 4.72. The van der Waals surface area contributed by atoms with Crippen molar-refractivity contribution in [2.75, 3.05) is 0 Å². The van der Waals surface area contributed by atoms with Crippen LogP contribution in [0.15, 0.2) is 34.9 Å². The van der Waals surface area contributed by atoms with Crippen molar-refractivity contribution in [3.05, 3.63) is 51.2 Å². The minimum atomic E-state index is -0.693. The highest BCUT2D eigenvalue weighted by molar-refractivity contribution is 9.10. The van der Waals surface area contributed by atoms with Crippen molar-refractivity contribution in [3.63, 3.8) is 0 Å². The quantitative estimate of drug-likeness (QED) is 0.926. The van der Waals surface area contributed by atoms with Gasteiger partial charge in [-0.25, -0.2) is 0 Å². The van der Waals surface area contributed by atoms with Crippen LogP contribution in [0.2, 0.25) is 5.02 Å². The van der Waals surface area contributed by atoms with Gasteiger partial charge in [0.15, 0.2) is 0 Å². The Balaban J connectivity index is 2.38. The average molecular weight is 302 g/mol. The lowest BCUT2D eigenvalue weighted by molar-refractivity contribution is 0.209. The molecule has 1 unspecified atom stereocenters. The second kappa shape index (κ2) is 4.57. The van der Waals surface area contributed by atoms with Gasteiger partial charge in [0.2, 0.25) is 0 Å². The van der Waals surface area contributed by atoms with E-state index in [1.54, 1.807) is 42.2 Å². The van der Waals surface area contributed by atoms with Crippen LogP contribution in [0.25, 0.3) is 0 Å².